The predicted octanol–water partition coefficient (Wildman–Crippen LogP) is 0.460. The first-order valence-corrected chi connectivity index (χ1v) is 7.82. The predicted molar refractivity (Wildman–Crippen MR) is 74.2 cm³/mol. The molecule has 8 nitrogen and oxygen atoms in total. The zero-order chi connectivity index (χ0) is 15.6. The summed E-state index contributed by atoms with van der Waals surface area (Å²) < 4.78 is 27.1. The smallest absolute Gasteiger partial charge is 0.269 e. The van der Waals surface area contributed by atoms with E-state index in [0.717, 1.165) is 6.07 Å². The number of sulfonamides is 1. The molecule has 0 aliphatic carbocycles. The molecule has 1 unspecified atom stereocenters. The van der Waals surface area contributed by atoms with Crippen molar-refractivity contribution >= 4 is 21.6 Å². The van der Waals surface area contributed by atoms with Crippen LogP contribution >= 0.6 is 0 Å². The number of hydrogen-bond acceptors (Lipinski definition) is 5. The quantitative estimate of drug-likeness (QED) is 0.618. The molecule has 1 fully saturated rings. The number of benzene rings is 1. The largest absolute Gasteiger partial charge is 0.355 e. The van der Waals surface area contributed by atoms with Crippen LogP contribution < -0.4 is 10.0 Å². The monoisotopic (exact) mass is 313 g/mol. The van der Waals surface area contributed by atoms with Crippen LogP contribution in [0.15, 0.2) is 23.1 Å². The summed E-state index contributed by atoms with van der Waals surface area (Å²) in [4.78, 5) is 21.1. The van der Waals surface area contributed by atoms with Crippen molar-refractivity contribution in [2.75, 3.05) is 6.54 Å². The lowest BCUT2D eigenvalue weighted by Crippen LogP contribution is -2.47. The van der Waals surface area contributed by atoms with Gasteiger partial charge in [0.05, 0.1) is 9.82 Å². The number of carbonyl (C=O) groups excluding carboxylic acids is 1. The molecule has 1 amide bonds. The van der Waals surface area contributed by atoms with Gasteiger partial charge in [0.25, 0.3) is 5.69 Å². The Bertz CT molecular complexity index is 676. The van der Waals surface area contributed by atoms with Gasteiger partial charge in [-0.05, 0) is 25.0 Å². The number of nitrogens with zero attached hydrogens (tertiary/aromatic N) is 1. The molecule has 1 aromatic carbocycles. The summed E-state index contributed by atoms with van der Waals surface area (Å²) in [6.07, 6.45) is 0.698. The van der Waals surface area contributed by atoms with Gasteiger partial charge in [0.15, 0.2) is 0 Å². The van der Waals surface area contributed by atoms with Gasteiger partial charge in [0.1, 0.15) is 0 Å². The Morgan fingerprint density at radius 1 is 1.43 bits per heavy atom. The van der Waals surface area contributed by atoms with Crippen LogP contribution in [0.1, 0.15) is 18.4 Å². The molecule has 1 atom stereocenters. The molecule has 0 saturated carbocycles. The fourth-order valence-corrected chi connectivity index (χ4v) is 3.66. The van der Waals surface area contributed by atoms with E-state index in [0.29, 0.717) is 12.0 Å². The van der Waals surface area contributed by atoms with Crippen molar-refractivity contribution in [3.8, 4) is 0 Å². The van der Waals surface area contributed by atoms with Gasteiger partial charge in [-0.1, -0.05) is 0 Å². The van der Waals surface area contributed by atoms with Crippen LogP contribution in [0.4, 0.5) is 5.69 Å². The van der Waals surface area contributed by atoms with E-state index in [2.05, 4.69) is 10.0 Å². The Labute approximate surface area is 121 Å². The number of carbonyl (C=O) groups is 1. The van der Waals surface area contributed by atoms with E-state index in [4.69, 9.17) is 0 Å². The number of hydrogen-bond donors (Lipinski definition) is 2. The highest BCUT2D eigenvalue weighted by atomic mass is 32.2. The Morgan fingerprint density at radius 2 is 2.14 bits per heavy atom. The molecular weight excluding hydrogens is 298 g/mol. The molecule has 1 aromatic rings. The normalized spacial score (nSPS) is 19.1. The van der Waals surface area contributed by atoms with Gasteiger partial charge >= 0.3 is 0 Å². The van der Waals surface area contributed by atoms with Gasteiger partial charge in [-0.2, -0.15) is 0 Å². The molecule has 0 spiro atoms. The van der Waals surface area contributed by atoms with Crippen LogP contribution in [-0.4, -0.2) is 31.8 Å². The molecule has 1 heterocycles. The number of piperidine rings is 1. The third kappa shape index (κ3) is 3.56. The van der Waals surface area contributed by atoms with Crippen molar-refractivity contribution in [3.05, 3.63) is 33.9 Å². The highest BCUT2D eigenvalue weighted by Crippen LogP contribution is 2.21. The fourth-order valence-electron chi connectivity index (χ4n) is 2.16. The van der Waals surface area contributed by atoms with Gasteiger partial charge in [-0.15, -0.1) is 0 Å². The first-order valence-electron chi connectivity index (χ1n) is 6.33. The number of nitro groups is 1. The molecule has 1 aliphatic rings. The van der Waals surface area contributed by atoms with Crippen LogP contribution in [-0.2, 0) is 14.8 Å². The topological polar surface area (TPSA) is 118 Å². The molecule has 0 radical (unpaired) electrons. The van der Waals surface area contributed by atoms with Crippen molar-refractivity contribution in [1.82, 2.24) is 10.0 Å². The molecule has 21 heavy (non-hydrogen) atoms. The minimum atomic E-state index is -3.77. The standard InChI is InChI=1S/C12H15N3O5S/c1-8-6-10(15(17)18)3-4-11(8)21(19,20)14-9-2-5-12(16)13-7-9/h3-4,6,9,14H,2,5,7H2,1H3,(H,13,16). The average Bonchev–Trinajstić information content (AvgIpc) is 2.40. The van der Waals surface area contributed by atoms with Crippen LogP contribution in [0.3, 0.4) is 0 Å². The van der Waals surface area contributed by atoms with Gasteiger partial charge in [-0.25, -0.2) is 13.1 Å². The first-order chi connectivity index (χ1) is 9.79. The summed E-state index contributed by atoms with van der Waals surface area (Å²) >= 11 is 0. The summed E-state index contributed by atoms with van der Waals surface area (Å²) in [6.45, 7) is 1.74. The Balaban J connectivity index is 2.19. The maximum Gasteiger partial charge on any atom is 0.269 e. The lowest BCUT2D eigenvalue weighted by molar-refractivity contribution is -0.385. The second kappa shape index (κ2) is 5.78. The van der Waals surface area contributed by atoms with Crippen molar-refractivity contribution in [3.63, 3.8) is 0 Å². The number of rotatable bonds is 4. The van der Waals surface area contributed by atoms with Crippen molar-refractivity contribution in [2.45, 2.75) is 30.7 Å². The molecule has 2 rings (SSSR count). The van der Waals surface area contributed by atoms with Crippen LogP contribution in [0.5, 0.6) is 0 Å². The van der Waals surface area contributed by atoms with Crippen molar-refractivity contribution in [2.24, 2.45) is 0 Å². The maximum absolute atomic E-state index is 12.3. The summed E-state index contributed by atoms with van der Waals surface area (Å²) in [5.74, 6) is -0.100. The number of nitro benzene ring substituents is 1. The molecule has 1 aliphatic heterocycles. The minimum absolute atomic E-state index is 0.00463. The Hall–Kier alpha value is -2.00. The number of nitrogens with one attached hydrogen (secondary N) is 2. The minimum Gasteiger partial charge on any atom is -0.355 e. The summed E-state index contributed by atoms with van der Waals surface area (Å²) in [5.41, 5.74) is 0.146. The molecule has 9 heteroatoms. The summed E-state index contributed by atoms with van der Waals surface area (Å²) in [5, 5.41) is 13.3. The van der Waals surface area contributed by atoms with Gasteiger partial charge in [-0.3, -0.25) is 14.9 Å². The number of non-ortho nitro benzene ring substituents is 1. The highest BCUT2D eigenvalue weighted by Gasteiger charge is 2.25. The first kappa shape index (κ1) is 15.4. The van der Waals surface area contributed by atoms with E-state index in [1.54, 1.807) is 0 Å². The highest BCUT2D eigenvalue weighted by molar-refractivity contribution is 7.89. The molecule has 0 bridgehead atoms. The van der Waals surface area contributed by atoms with Crippen LogP contribution in [0.25, 0.3) is 0 Å². The Morgan fingerprint density at radius 3 is 2.67 bits per heavy atom. The van der Waals surface area contributed by atoms with E-state index < -0.39 is 14.9 Å². The second-order valence-corrected chi connectivity index (χ2v) is 6.55. The van der Waals surface area contributed by atoms with E-state index in [9.17, 15) is 23.3 Å². The number of aryl methyl sites for hydroxylation is 1. The zero-order valence-electron chi connectivity index (χ0n) is 11.3. The van der Waals surface area contributed by atoms with E-state index in [1.807, 2.05) is 0 Å². The lowest BCUT2D eigenvalue weighted by Gasteiger charge is -2.23. The average molecular weight is 313 g/mol. The van der Waals surface area contributed by atoms with E-state index in [-0.39, 0.29) is 35.5 Å². The SMILES string of the molecule is Cc1cc([N+](=O)[O-])ccc1S(=O)(=O)NC1CCC(=O)NC1. The fraction of sp³-hybridized carbons (Fsp3) is 0.417. The third-order valence-electron chi connectivity index (χ3n) is 3.25. The molecule has 2 N–H and O–H groups in total. The van der Waals surface area contributed by atoms with Gasteiger partial charge in [0, 0.05) is 31.1 Å². The van der Waals surface area contributed by atoms with Crippen LogP contribution in [0.2, 0.25) is 0 Å². The number of amides is 1. The Kier molecular flexibility index (Phi) is 4.24. The molecular formula is C12H15N3O5S. The molecule has 114 valence electrons. The van der Waals surface area contributed by atoms with E-state index in [1.165, 1.54) is 19.1 Å². The van der Waals surface area contributed by atoms with Gasteiger partial charge < -0.3 is 5.32 Å². The third-order valence-corrected chi connectivity index (χ3v) is 4.93. The van der Waals surface area contributed by atoms with Crippen molar-refractivity contribution in [1.29, 1.82) is 0 Å². The molecule has 0 aromatic heterocycles. The zero-order valence-corrected chi connectivity index (χ0v) is 12.1. The van der Waals surface area contributed by atoms with Crippen LogP contribution in [0, 0.1) is 17.0 Å². The van der Waals surface area contributed by atoms with Crippen molar-refractivity contribution < 1.29 is 18.1 Å². The lowest BCUT2D eigenvalue weighted by atomic mass is 10.1. The summed E-state index contributed by atoms with van der Waals surface area (Å²) in [6, 6.07) is 3.22. The molecule has 1 saturated heterocycles. The van der Waals surface area contributed by atoms with Gasteiger partial charge in [0.2, 0.25) is 15.9 Å². The maximum atomic E-state index is 12.3. The summed E-state index contributed by atoms with van der Waals surface area (Å²) in [7, 11) is -3.77. The second-order valence-electron chi connectivity index (χ2n) is 4.87. The van der Waals surface area contributed by atoms with E-state index >= 15 is 0 Å².